The third-order valence-electron chi connectivity index (χ3n) is 12.9. The number of nitrogens with zero attached hydrogens (tertiary/aromatic N) is 1. The second-order valence-electron chi connectivity index (χ2n) is 15.2. The standard InChI is InChI=1S/C33H45NO5/c1-28(2)19-38-33(39-20-28)12-11-30-16-21-15-22(37-4)5-6-23(21)25-17-29(3)26(8-10-31(29,35)13-14-34)24(27(25)30)7-9-32(30,36)18-33/h5-6,15,24-27,35-36H,7-13,16-20H2,1-4H3/t24-,25?,26-,27?,29-,30-,31+,32+/m0/s1. The maximum atomic E-state index is 12.8. The molecule has 0 radical (unpaired) electrons. The zero-order valence-electron chi connectivity index (χ0n) is 24.1. The van der Waals surface area contributed by atoms with E-state index in [-0.39, 0.29) is 28.6 Å². The highest BCUT2D eigenvalue weighted by atomic mass is 16.7. The molecule has 2 N–H and O–H groups in total. The predicted molar refractivity (Wildman–Crippen MR) is 146 cm³/mol. The van der Waals surface area contributed by atoms with Gasteiger partial charge in [-0.2, -0.15) is 5.26 Å². The van der Waals surface area contributed by atoms with E-state index < -0.39 is 17.0 Å². The molecule has 6 nitrogen and oxygen atoms in total. The van der Waals surface area contributed by atoms with Crippen molar-refractivity contribution < 1.29 is 24.4 Å². The molecule has 2 spiro atoms. The molecule has 5 aliphatic carbocycles. The number of methoxy groups -OCH3 is 1. The van der Waals surface area contributed by atoms with E-state index >= 15 is 0 Å². The number of hydrogen-bond acceptors (Lipinski definition) is 6. The Morgan fingerprint density at radius 3 is 2.54 bits per heavy atom. The van der Waals surface area contributed by atoms with Gasteiger partial charge in [0.25, 0.3) is 0 Å². The fourth-order valence-corrected chi connectivity index (χ4v) is 10.9. The maximum absolute atomic E-state index is 12.8. The summed E-state index contributed by atoms with van der Waals surface area (Å²) < 4.78 is 18.6. The topological polar surface area (TPSA) is 91.9 Å². The minimum Gasteiger partial charge on any atom is -0.497 e. The van der Waals surface area contributed by atoms with Gasteiger partial charge in [0.05, 0.1) is 44.0 Å². The first kappa shape index (κ1) is 26.3. The number of rotatable bonds is 2. The van der Waals surface area contributed by atoms with Crippen LogP contribution < -0.4 is 4.74 Å². The normalized spacial score (nSPS) is 46.8. The van der Waals surface area contributed by atoms with Crippen molar-refractivity contribution in [2.75, 3.05) is 20.3 Å². The number of hydrogen-bond donors (Lipinski definition) is 2. The largest absolute Gasteiger partial charge is 0.497 e. The zero-order valence-corrected chi connectivity index (χ0v) is 24.1. The van der Waals surface area contributed by atoms with Crippen molar-refractivity contribution in [2.45, 2.75) is 108 Å². The summed E-state index contributed by atoms with van der Waals surface area (Å²) in [5, 5.41) is 34.4. The van der Waals surface area contributed by atoms with Gasteiger partial charge in [-0.3, -0.25) is 0 Å². The fourth-order valence-electron chi connectivity index (χ4n) is 10.9. The Hall–Kier alpha value is -1.65. The number of fused-ring (bicyclic) bond motifs is 4. The third kappa shape index (κ3) is 3.40. The quantitative estimate of drug-likeness (QED) is 0.520. The van der Waals surface area contributed by atoms with Gasteiger partial charge in [-0.1, -0.05) is 26.8 Å². The molecule has 4 saturated carbocycles. The number of benzene rings is 1. The molecular formula is C33H45NO5. The lowest BCUT2D eigenvalue weighted by Gasteiger charge is -2.70. The Morgan fingerprint density at radius 2 is 1.82 bits per heavy atom. The van der Waals surface area contributed by atoms with Gasteiger partial charge in [-0.15, -0.1) is 0 Å². The van der Waals surface area contributed by atoms with Crippen molar-refractivity contribution in [2.24, 2.45) is 34.0 Å². The van der Waals surface area contributed by atoms with Crippen LogP contribution in [0.25, 0.3) is 0 Å². The zero-order chi connectivity index (χ0) is 27.5. The molecule has 8 atom stereocenters. The van der Waals surface area contributed by atoms with E-state index in [1.165, 1.54) is 11.1 Å². The molecule has 39 heavy (non-hydrogen) atoms. The van der Waals surface area contributed by atoms with E-state index in [0.29, 0.717) is 43.8 Å². The molecule has 0 aromatic heterocycles. The van der Waals surface area contributed by atoms with Crippen LogP contribution in [0.1, 0.15) is 95.6 Å². The van der Waals surface area contributed by atoms with Crippen molar-refractivity contribution in [1.29, 1.82) is 5.26 Å². The summed E-state index contributed by atoms with van der Waals surface area (Å²) in [6, 6.07) is 8.84. The second-order valence-corrected chi connectivity index (χ2v) is 15.2. The van der Waals surface area contributed by atoms with Crippen LogP contribution in [0.4, 0.5) is 0 Å². The van der Waals surface area contributed by atoms with E-state index in [1.54, 1.807) is 7.11 Å². The SMILES string of the molecule is COc1ccc2c(c1)C[C@]13CCC4(C[C@]1(O)CC[C@@H]1C3C2C[C@@]2(C)[C@H]1CC[C@@]2(O)CC#N)OCC(C)(C)CO4. The average Bonchev–Trinajstić information content (AvgIpc) is 3.16. The number of aliphatic hydroxyl groups is 2. The first-order valence-corrected chi connectivity index (χ1v) is 15.2. The minimum atomic E-state index is -0.949. The lowest BCUT2D eigenvalue weighted by Crippen LogP contribution is -2.71. The van der Waals surface area contributed by atoms with Crippen molar-refractivity contribution in [3.05, 3.63) is 29.3 Å². The second kappa shape index (κ2) is 8.22. The molecule has 0 amide bonds. The summed E-state index contributed by atoms with van der Waals surface area (Å²) in [6.07, 6.45) is 7.49. The van der Waals surface area contributed by atoms with Gasteiger partial charge in [0, 0.05) is 29.1 Å². The van der Waals surface area contributed by atoms with Gasteiger partial charge in [0.15, 0.2) is 5.79 Å². The molecule has 1 heterocycles. The van der Waals surface area contributed by atoms with Gasteiger partial charge < -0.3 is 24.4 Å². The monoisotopic (exact) mass is 535 g/mol. The Balaban J connectivity index is 1.34. The highest BCUT2D eigenvalue weighted by Gasteiger charge is 2.73. The first-order valence-electron chi connectivity index (χ1n) is 15.2. The van der Waals surface area contributed by atoms with Crippen LogP contribution >= 0.6 is 0 Å². The van der Waals surface area contributed by atoms with Crippen LogP contribution in [0.2, 0.25) is 0 Å². The Kier molecular flexibility index (Phi) is 5.53. The van der Waals surface area contributed by atoms with Crippen LogP contribution in [0.3, 0.4) is 0 Å². The van der Waals surface area contributed by atoms with E-state index in [1.807, 2.05) is 0 Å². The van der Waals surface area contributed by atoms with Crippen LogP contribution in [0.5, 0.6) is 5.75 Å². The smallest absolute Gasteiger partial charge is 0.171 e. The van der Waals surface area contributed by atoms with E-state index in [4.69, 9.17) is 14.2 Å². The molecule has 1 aromatic carbocycles. The van der Waals surface area contributed by atoms with Gasteiger partial charge in [-0.05, 0) is 91.9 Å². The highest BCUT2D eigenvalue weighted by Crippen LogP contribution is 2.75. The molecule has 1 saturated heterocycles. The van der Waals surface area contributed by atoms with E-state index in [9.17, 15) is 15.5 Å². The molecule has 0 bridgehead atoms. The van der Waals surface area contributed by atoms with Crippen molar-refractivity contribution in [3.63, 3.8) is 0 Å². The Bertz CT molecular complexity index is 1210. The van der Waals surface area contributed by atoms with Crippen LogP contribution in [0, 0.1) is 45.3 Å². The Morgan fingerprint density at radius 1 is 1.05 bits per heavy atom. The molecular weight excluding hydrogens is 490 g/mol. The van der Waals surface area contributed by atoms with Crippen molar-refractivity contribution >= 4 is 0 Å². The summed E-state index contributed by atoms with van der Waals surface area (Å²) in [4.78, 5) is 0. The van der Waals surface area contributed by atoms with Gasteiger partial charge in [0.2, 0.25) is 0 Å². The summed E-state index contributed by atoms with van der Waals surface area (Å²) in [5.41, 5.74) is 0.235. The predicted octanol–water partition coefficient (Wildman–Crippen LogP) is 5.50. The summed E-state index contributed by atoms with van der Waals surface area (Å²) in [6.45, 7) is 7.93. The van der Waals surface area contributed by atoms with Crippen LogP contribution in [-0.4, -0.2) is 47.5 Å². The molecule has 1 aliphatic heterocycles. The molecule has 1 aromatic rings. The lowest BCUT2D eigenvalue weighted by atomic mass is 9.36. The van der Waals surface area contributed by atoms with E-state index in [0.717, 1.165) is 50.7 Å². The van der Waals surface area contributed by atoms with Crippen molar-refractivity contribution in [1.82, 2.24) is 0 Å². The maximum Gasteiger partial charge on any atom is 0.171 e. The van der Waals surface area contributed by atoms with Crippen LogP contribution in [-0.2, 0) is 15.9 Å². The Labute approximate surface area is 233 Å². The lowest BCUT2D eigenvalue weighted by molar-refractivity contribution is -0.358. The van der Waals surface area contributed by atoms with Crippen molar-refractivity contribution in [3.8, 4) is 11.8 Å². The molecule has 212 valence electrons. The molecule has 5 fully saturated rings. The summed E-state index contributed by atoms with van der Waals surface area (Å²) in [7, 11) is 1.72. The minimum absolute atomic E-state index is 0.0113. The third-order valence-corrected chi connectivity index (χ3v) is 12.9. The van der Waals surface area contributed by atoms with Gasteiger partial charge >= 0.3 is 0 Å². The van der Waals surface area contributed by atoms with Crippen LogP contribution in [0.15, 0.2) is 18.2 Å². The summed E-state index contributed by atoms with van der Waals surface area (Å²) >= 11 is 0. The van der Waals surface area contributed by atoms with Gasteiger partial charge in [0.1, 0.15) is 5.75 Å². The summed E-state index contributed by atoms with van der Waals surface area (Å²) in [5.74, 6) is 1.54. The molecule has 6 aliphatic rings. The van der Waals surface area contributed by atoms with E-state index in [2.05, 4.69) is 45.0 Å². The van der Waals surface area contributed by atoms with Gasteiger partial charge in [-0.25, -0.2) is 0 Å². The fraction of sp³-hybridized carbons (Fsp3) is 0.788. The molecule has 7 rings (SSSR count). The molecule has 6 heteroatoms. The first-order chi connectivity index (χ1) is 18.4. The number of ether oxygens (including phenoxy) is 3. The number of nitriles is 1. The average molecular weight is 536 g/mol. The highest BCUT2D eigenvalue weighted by molar-refractivity contribution is 5.44. The molecule has 2 unspecified atom stereocenters.